The first-order valence-electron chi connectivity index (χ1n) is 9.67. The summed E-state index contributed by atoms with van der Waals surface area (Å²) >= 11 is 6.11. The molecule has 0 aliphatic rings. The highest BCUT2D eigenvalue weighted by Gasteiger charge is 2.14. The standard InChI is InChI=1S/C24H23ClN4O2/c1-15-5-9-20(10-6-15)27-21-11-8-19(25)13-18(21)14-26-29-24(31)23(30)28-22-12-16(2)4-7-17(22)3/h4-14,27H,1-3H3,(H,28,30)(H,29,31)/b26-14-. The average Bonchev–Trinajstić information content (AvgIpc) is 2.74. The summed E-state index contributed by atoms with van der Waals surface area (Å²) in [6, 6.07) is 18.8. The molecule has 3 N–H and O–H groups in total. The number of carbonyl (C=O) groups excluding carboxylic acids is 2. The lowest BCUT2D eigenvalue weighted by Crippen LogP contribution is -2.32. The molecule has 0 heterocycles. The third-order valence-electron chi connectivity index (χ3n) is 4.56. The molecule has 3 rings (SSSR count). The van der Waals surface area contributed by atoms with E-state index in [0.717, 1.165) is 28.1 Å². The Morgan fingerprint density at radius 1 is 0.839 bits per heavy atom. The minimum atomic E-state index is -0.868. The van der Waals surface area contributed by atoms with Crippen LogP contribution in [0.4, 0.5) is 17.1 Å². The van der Waals surface area contributed by atoms with E-state index in [1.54, 1.807) is 18.2 Å². The molecular formula is C24H23ClN4O2. The van der Waals surface area contributed by atoms with Crippen molar-refractivity contribution in [3.05, 3.63) is 87.9 Å². The van der Waals surface area contributed by atoms with Crippen LogP contribution in [0.2, 0.25) is 5.02 Å². The highest BCUT2D eigenvalue weighted by molar-refractivity contribution is 6.39. The summed E-state index contributed by atoms with van der Waals surface area (Å²) in [6.45, 7) is 5.78. The van der Waals surface area contributed by atoms with Crippen molar-refractivity contribution in [2.45, 2.75) is 20.8 Å². The molecule has 0 atom stereocenters. The van der Waals surface area contributed by atoms with Gasteiger partial charge in [0, 0.05) is 27.6 Å². The SMILES string of the molecule is Cc1ccc(Nc2ccc(Cl)cc2/C=N\NC(=O)C(=O)Nc2cc(C)ccc2C)cc1. The van der Waals surface area contributed by atoms with E-state index in [0.29, 0.717) is 16.3 Å². The van der Waals surface area contributed by atoms with Crippen LogP contribution in [0.25, 0.3) is 0 Å². The van der Waals surface area contributed by atoms with Gasteiger partial charge in [0.25, 0.3) is 0 Å². The second-order valence-corrected chi connectivity index (χ2v) is 7.63. The molecule has 0 spiro atoms. The van der Waals surface area contributed by atoms with Crippen molar-refractivity contribution < 1.29 is 9.59 Å². The fourth-order valence-corrected chi connectivity index (χ4v) is 2.99. The highest BCUT2D eigenvalue weighted by atomic mass is 35.5. The van der Waals surface area contributed by atoms with Crippen molar-refractivity contribution >= 4 is 46.7 Å². The molecule has 158 valence electrons. The van der Waals surface area contributed by atoms with Crippen molar-refractivity contribution in [2.24, 2.45) is 5.10 Å². The number of rotatable bonds is 5. The predicted octanol–water partition coefficient (Wildman–Crippen LogP) is 5.10. The van der Waals surface area contributed by atoms with E-state index in [9.17, 15) is 9.59 Å². The fourth-order valence-electron chi connectivity index (χ4n) is 2.81. The quantitative estimate of drug-likeness (QED) is 0.297. The minimum absolute atomic E-state index is 0.523. The number of hydrogen-bond donors (Lipinski definition) is 3. The molecule has 0 bridgehead atoms. The Morgan fingerprint density at radius 3 is 2.29 bits per heavy atom. The molecule has 0 fully saturated rings. The van der Waals surface area contributed by atoms with Crippen LogP contribution in [0.5, 0.6) is 0 Å². The zero-order valence-electron chi connectivity index (χ0n) is 17.5. The minimum Gasteiger partial charge on any atom is -0.355 e. The summed E-state index contributed by atoms with van der Waals surface area (Å²) < 4.78 is 0. The molecule has 0 saturated carbocycles. The Morgan fingerprint density at radius 2 is 1.55 bits per heavy atom. The van der Waals surface area contributed by atoms with Gasteiger partial charge in [0.1, 0.15) is 0 Å². The van der Waals surface area contributed by atoms with Gasteiger partial charge < -0.3 is 10.6 Å². The monoisotopic (exact) mass is 434 g/mol. The number of aryl methyl sites for hydroxylation is 3. The number of nitrogens with one attached hydrogen (secondary N) is 3. The first-order valence-corrected chi connectivity index (χ1v) is 10.0. The Labute approximate surface area is 186 Å². The van der Waals surface area contributed by atoms with Gasteiger partial charge in [-0.25, -0.2) is 5.43 Å². The van der Waals surface area contributed by atoms with Gasteiger partial charge in [-0.15, -0.1) is 0 Å². The predicted molar refractivity (Wildman–Crippen MR) is 126 cm³/mol. The van der Waals surface area contributed by atoms with E-state index >= 15 is 0 Å². The van der Waals surface area contributed by atoms with Crippen LogP contribution in [0.1, 0.15) is 22.3 Å². The van der Waals surface area contributed by atoms with Gasteiger partial charge in [-0.05, 0) is 68.3 Å². The average molecular weight is 435 g/mol. The molecule has 0 aromatic heterocycles. The highest BCUT2D eigenvalue weighted by Crippen LogP contribution is 2.23. The normalized spacial score (nSPS) is 10.7. The number of halogens is 1. The molecule has 0 radical (unpaired) electrons. The van der Waals surface area contributed by atoms with Crippen LogP contribution in [0, 0.1) is 20.8 Å². The second kappa shape index (κ2) is 9.91. The van der Waals surface area contributed by atoms with Crippen LogP contribution < -0.4 is 16.1 Å². The van der Waals surface area contributed by atoms with Crippen molar-refractivity contribution in [2.75, 3.05) is 10.6 Å². The van der Waals surface area contributed by atoms with Crippen molar-refractivity contribution in [3.63, 3.8) is 0 Å². The zero-order valence-corrected chi connectivity index (χ0v) is 18.2. The lowest BCUT2D eigenvalue weighted by Gasteiger charge is -2.10. The van der Waals surface area contributed by atoms with Gasteiger partial charge in [-0.3, -0.25) is 9.59 Å². The lowest BCUT2D eigenvalue weighted by atomic mass is 10.1. The molecular weight excluding hydrogens is 412 g/mol. The number of nitrogens with zero attached hydrogens (tertiary/aromatic N) is 1. The number of carbonyl (C=O) groups is 2. The summed E-state index contributed by atoms with van der Waals surface area (Å²) in [5.74, 6) is -1.66. The van der Waals surface area contributed by atoms with Crippen LogP contribution in [-0.2, 0) is 9.59 Å². The first-order chi connectivity index (χ1) is 14.8. The molecule has 3 aromatic carbocycles. The maximum Gasteiger partial charge on any atom is 0.329 e. The number of anilines is 3. The van der Waals surface area contributed by atoms with Crippen LogP contribution >= 0.6 is 11.6 Å². The third kappa shape index (κ3) is 6.17. The van der Waals surface area contributed by atoms with Gasteiger partial charge in [0.2, 0.25) is 0 Å². The number of amides is 2. The van der Waals surface area contributed by atoms with Crippen LogP contribution in [-0.4, -0.2) is 18.0 Å². The smallest absolute Gasteiger partial charge is 0.329 e. The van der Waals surface area contributed by atoms with E-state index in [1.807, 2.05) is 63.2 Å². The van der Waals surface area contributed by atoms with Gasteiger partial charge in [-0.1, -0.05) is 41.4 Å². The third-order valence-corrected chi connectivity index (χ3v) is 4.80. The molecule has 7 heteroatoms. The first kappa shape index (κ1) is 22.1. The summed E-state index contributed by atoms with van der Waals surface area (Å²) in [4.78, 5) is 24.3. The Hall–Kier alpha value is -3.64. The van der Waals surface area contributed by atoms with Gasteiger partial charge in [0.15, 0.2) is 0 Å². The summed E-state index contributed by atoms with van der Waals surface area (Å²) in [5.41, 5.74) is 8.15. The molecule has 6 nitrogen and oxygen atoms in total. The van der Waals surface area contributed by atoms with E-state index in [4.69, 9.17) is 11.6 Å². The molecule has 0 saturated heterocycles. The number of benzene rings is 3. The largest absolute Gasteiger partial charge is 0.355 e. The van der Waals surface area contributed by atoms with Crippen molar-refractivity contribution in [1.82, 2.24) is 5.43 Å². The number of hydrazone groups is 1. The van der Waals surface area contributed by atoms with Crippen molar-refractivity contribution in [3.8, 4) is 0 Å². The molecule has 0 aliphatic heterocycles. The van der Waals surface area contributed by atoms with Crippen LogP contribution in [0.3, 0.4) is 0 Å². The van der Waals surface area contributed by atoms with Crippen LogP contribution in [0.15, 0.2) is 65.8 Å². The van der Waals surface area contributed by atoms with Crippen molar-refractivity contribution in [1.29, 1.82) is 0 Å². The fraction of sp³-hybridized carbons (Fsp3) is 0.125. The van der Waals surface area contributed by atoms with E-state index in [-0.39, 0.29) is 0 Å². The molecule has 2 amide bonds. The summed E-state index contributed by atoms with van der Waals surface area (Å²) in [5, 5.41) is 10.3. The van der Waals surface area contributed by atoms with Gasteiger partial charge >= 0.3 is 11.8 Å². The van der Waals surface area contributed by atoms with E-state index in [1.165, 1.54) is 6.21 Å². The topological polar surface area (TPSA) is 82.6 Å². The van der Waals surface area contributed by atoms with E-state index < -0.39 is 11.8 Å². The summed E-state index contributed by atoms with van der Waals surface area (Å²) in [6.07, 6.45) is 1.44. The Balaban J connectivity index is 1.67. The lowest BCUT2D eigenvalue weighted by molar-refractivity contribution is -0.136. The van der Waals surface area contributed by atoms with E-state index in [2.05, 4.69) is 21.2 Å². The second-order valence-electron chi connectivity index (χ2n) is 7.19. The van der Waals surface area contributed by atoms with Gasteiger partial charge in [0.05, 0.1) is 6.21 Å². The maximum absolute atomic E-state index is 12.2. The molecule has 3 aromatic rings. The molecule has 0 aliphatic carbocycles. The summed E-state index contributed by atoms with van der Waals surface area (Å²) in [7, 11) is 0. The zero-order chi connectivity index (χ0) is 22.4. The molecule has 0 unspecified atom stereocenters. The number of hydrogen-bond acceptors (Lipinski definition) is 4. The van der Waals surface area contributed by atoms with Gasteiger partial charge in [-0.2, -0.15) is 5.10 Å². The molecule has 31 heavy (non-hydrogen) atoms. The Kier molecular flexibility index (Phi) is 7.05. The Bertz CT molecular complexity index is 1140. The maximum atomic E-state index is 12.2.